The SMILES string of the molecule is CSC(=O)C(C)Nc1c(C)cccc1C. The zero-order valence-electron chi connectivity index (χ0n) is 9.63. The van der Waals surface area contributed by atoms with Crippen molar-refractivity contribution in [3.63, 3.8) is 0 Å². The molecule has 82 valence electrons. The van der Waals surface area contributed by atoms with Crippen LogP contribution in [0, 0.1) is 13.8 Å². The number of benzene rings is 1. The zero-order valence-corrected chi connectivity index (χ0v) is 10.4. The number of carbonyl (C=O) groups excluding carboxylic acids is 1. The van der Waals surface area contributed by atoms with Gasteiger partial charge in [-0.15, -0.1) is 0 Å². The van der Waals surface area contributed by atoms with Crippen LogP contribution in [0.15, 0.2) is 18.2 Å². The molecule has 0 amide bonds. The summed E-state index contributed by atoms with van der Waals surface area (Å²) in [5, 5.41) is 3.42. The maximum atomic E-state index is 11.4. The molecule has 2 nitrogen and oxygen atoms in total. The Labute approximate surface area is 95.5 Å². The van der Waals surface area contributed by atoms with Crippen LogP contribution in [0.25, 0.3) is 0 Å². The first-order valence-corrected chi connectivity index (χ1v) is 6.19. The topological polar surface area (TPSA) is 29.1 Å². The van der Waals surface area contributed by atoms with Crippen molar-refractivity contribution in [1.82, 2.24) is 0 Å². The van der Waals surface area contributed by atoms with E-state index < -0.39 is 0 Å². The number of aryl methyl sites for hydroxylation is 2. The molecule has 0 spiro atoms. The minimum Gasteiger partial charge on any atom is -0.374 e. The molecule has 0 fully saturated rings. The van der Waals surface area contributed by atoms with Gasteiger partial charge in [0.15, 0.2) is 0 Å². The average molecular weight is 223 g/mol. The summed E-state index contributed by atoms with van der Waals surface area (Å²) >= 11 is 1.26. The molecule has 0 aromatic heterocycles. The monoisotopic (exact) mass is 223 g/mol. The lowest BCUT2D eigenvalue weighted by atomic mass is 10.1. The van der Waals surface area contributed by atoms with Crippen molar-refractivity contribution < 1.29 is 4.79 Å². The summed E-state index contributed by atoms with van der Waals surface area (Å²) in [7, 11) is 0. The van der Waals surface area contributed by atoms with Gasteiger partial charge in [-0.25, -0.2) is 0 Å². The number of hydrogen-bond acceptors (Lipinski definition) is 3. The van der Waals surface area contributed by atoms with E-state index in [0.29, 0.717) is 0 Å². The molecule has 1 rings (SSSR count). The highest BCUT2D eigenvalue weighted by Gasteiger charge is 2.12. The fraction of sp³-hybridized carbons (Fsp3) is 0.417. The Kier molecular flexibility index (Phi) is 4.21. The molecule has 3 heteroatoms. The fourth-order valence-electron chi connectivity index (χ4n) is 1.49. The smallest absolute Gasteiger partial charge is 0.210 e. The van der Waals surface area contributed by atoms with Crippen molar-refractivity contribution in [2.75, 3.05) is 11.6 Å². The number of carbonyl (C=O) groups is 1. The lowest BCUT2D eigenvalue weighted by Crippen LogP contribution is -2.24. The quantitative estimate of drug-likeness (QED) is 0.854. The van der Waals surface area contributed by atoms with Crippen molar-refractivity contribution in [3.05, 3.63) is 29.3 Å². The Morgan fingerprint density at radius 2 is 1.87 bits per heavy atom. The predicted molar refractivity (Wildman–Crippen MR) is 67.5 cm³/mol. The van der Waals surface area contributed by atoms with Crippen LogP contribution in [0.1, 0.15) is 18.1 Å². The Morgan fingerprint density at radius 1 is 1.33 bits per heavy atom. The van der Waals surface area contributed by atoms with Gasteiger partial charge in [0.2, 0.25) is 5.12 Å². The Bertz CT molecular complexity index is 342. The minimum atomic E-state index is -0.139. The van der Waals surface area contributed by atoms with Crippen molar-refractivity contribution >= 4 is 22.6 Å². The predicted octanol–water partition coefficient (Wildman–Crippen LogP) is 2.99. The van der Waals surface area contributed by atoms with Gasteiger partial charge in [-0.2, -0.15) is 0 Å². The molecule has 1 aromatic carbocycles. The Morgan fingerprint density at radius 3 is 2.33 bits per heavy atom. The molecule has 1 atom stereocenters. The second-order valence-electron chi connectivity index (χ2n) is 3.66. The summed E-state index contributed by atoms with van der Waals surface area (Å²) in [5.41, 5.74) is 3.43. The standard InChI is InChI=1S/C12H17NOS/c1-8-6-5-7-9(2)11(8)13-10(3)12(14)15-4/h5-7,10,13H,1-4H3. The van der Waals surface area contributed by atoms with Crippen LogP contribution in [0.4, 0.5) is 5.69 Å². The minimum absolute atomic E-state index is 0.139. The van der Waals surface area contributed by atoms with Gasteiger partial charge in [-0.3, -0.25) is 4.79 Å². The largest absolute Gasteiger partial charge is 0.374 e. The third-order valence-electron chi connectivity index (χ3n) is 2.40. The van der Waals surface area contributed by atoms with Gasteiger partial charge in [-0.1, -0.05) is 30.0 Å². The molecular weight excluding hydrogens is 206 g/mol. The molecule has 1 aromatic rings. The normalized spacial score (nSPS) is 12.3. The number of rotatable bonds is 3. The highest BCUT2D eigenvalue weighted by atomic mass is 32.2. The van der Waals surface area contributed by atoms with E-state index in [0.717, 1.165) is 5.69 Å². The first-order valence-electron chi connectivity index (χ1n) is 4.97. The average Bonchev–Trinajstić information content (AvgIpc) is 2.22. The lowest BCUT2D eigenvalue weighted by molar-refractivity contribution is -0.111. The molecular formula is C12H17NOS. The molecule has 0 saturated carbocycles. The van der Waals surface area contributed by atoms with Crippen molar-refractivity contribution in [2.24, 2.45) is 0 Å². The van der Waals surface area contributed by atoms with Crippen molar-refractivity contribution in [1.29, 1.82) is 0 Å². The highest BCUT2D eigenvalue weighted by molar-refractivity contribution is 8.13. The molecule has 0 bridgehead atoms. The van der Waals surface area contributed by atoms with Crippen LogP contribution < -0.4 is 5.32 Å². The van der Waals surface area contributed by atoms with Crippen LogP contribution in [0.5, 0.6) is 0 Å². The van der Waals surface area contributed by atoms with Gasteiger partial charge < -0.3 is 5.32 Å². The second-order valence-corrected chi connectivity index (χ2v) is 4.47. The molecule has 1 N–H and O–H groups in total. The number of nitrogens with one attached hydrogen (secondary N) is 1. The summed E-state index contributed by atoms with van der Waals surface area (Å²) < 4.78 is 0. The summed E-state index contributed by atoms with van der Waals surface area (Å²) in [6, 6.07) is 5.98. The van der Waals surface area contributed by atoms with Crippen molar-refractivity contribution in [2.45, 2.75) is 26.8 Å². The van der Waals surface area contributed by atoms with Gasteiger partial charge in [0, 0.05) is 5.69 Å². The third kappa shape index (κ3) is 2.99. The molecule has 0 aliphatic carbocycles. The maximum Gasteiger partial charge on any atom is 0.210 e. The molecule has 0 saturated heterocycles. The van der Waals surface area contributed by atoms with Crippen LogP contribution >= 0.6 is 11.8 Å². The molecule has 0 aliphatic heterocycles. The van der Waals surface area contributed by atoms with Crippen LogP contribution in [-0.4, -0.2) is 17.4 Å². The first kappa shape index (κ1) is 12.1. The summed E-state index contributed by atoms with van der Waals surface area (Å²) in [6.07, 6.45) is 1.81. The summed E-state index contributed by atoms with van der Waals surface area (Å²) in [6.45, 7) is 5.99. The van der Waals surface area contributed by atoms with E-state index in [4.69, 9.17) is 0 Å². The van der Waals surface area contributed by atoms with Gasteiger partial charge in [0.05, 0.1) is 6.04 Å². The number of para-hydroxylation sites is 1. The molecule has 1 unspecified atom stereocenters. The Balaban J connectivity index is 2.85. The zero-order chi connectivity index (χ0) is 11.4. The van der Waals surface area contributed by atoms with Crippen LogP contribution in [0.2, 0.25) is 0 Å². The van der Waals surface area contributed by atoms with Gasteiger partial charge in [0.1, 0.15) is 0 Å². The highest BCUT2D eigenvalue weighted by Crippen LogP contribution is 2.21. The van der Waals surface area contributed by atoms with E-state index in [2.05, 4.69) is 5.32 Å². The summed E-state index contributed by atoms with van der Waals surface area (Å²) in [4.78, 5) is 11.4. The van der Waals surface area contributed by atoms with Crippen LogP contribution in [0.3, 0.4) is 0 Å². The van der Waals surface area contributed by atoms with E-state index in [1.54, 1.807) is 0 Å². The number of thioether (sulfide) groups is 1. The Hall–Kier alpha value is -0.960. The third-order valence-corrected chi connectivity index (χ3v) is 3.15. The van der Waals surface area contributed by atoms with E-state index in [-0.39, 0.29) is 11.2 Å². The molecule has 0 heterocycles. The van der Waals surface area contributed by atoms with Gasteiger partial charge >= 0.3 is 0 Å². The van der Waals surface area contributed by atoms with Gasteiger partial charge in [0.25, 0.3) is 0 Å². The van der Waals surface area contributed by atoms with E-state index >= 15 is 0 Å². The lowest BCUT2D eigenvalue weighted by Gasteiger charge is -2.17. The maximum absolute atomic E-state index is 11.4. The first-order chi connectivity index (χ1) is 7.06. The summed E-state index contributed by atoms with van der Waals surface area (Å²) in [5.74, 6) is 0. The van der Waals surface area contributed by atoms with Crippen LogP contribution in [-0.2, 0) is 4.79 Å². The molecule has 0 aliphatic rings. The fourth-order valence-corrected chi connectivity index (χ4v) is 1.91. The molecule has 15 heavy (non-hydrogen) atoms. The van der Waals surface area contributed by atoms with E-state index in [1.807, 2.05) is 45.2 Å². The van der Waals surface area contributed by atoms with E-state index in [1.165, 1.54) is 22.9 Å². The second kappa shape index (κ2) is 5.21. The number of hydrogen-bond donors (Lipinski definition) is 1. The molecule has 0 radical (unpaired) electrons. The van der Waals surface area contributed by atoms with Crippen molar-refractivity contribution in [3.8, 4) is 0 Å². The number of anilines is 1. The van der Waals surface area contributed by atoms with E-state index in [9.17, 15) is 4.79 Å². The van der Waals surface area contributed by atoms with Gasteiger partial charge in [-0.05, 0) is 38.2 Å².